The molecule has 0 saturated heterocycles. The normalized spacial score (nSPS) is 20.2. The highest BCUT2D eigenvalue weighted by Gasteiger charge is 2.42. The molecule has 6 nitrogen and oxygen atoms in total. The van der Waals surface area contributed by atoms with E-state index in [1.807, 2.05) is 41.3 Å². The Morgan fingerprint density at radius 2 is 1.79 bits per heavy atom. The van der Waals surface area contributed by atoms with Crippen LogP contribution in [0.25, 0.3) is 10.4 Å². The van der Waals surface area contributed by atoms with Crippen molar-refractivity contribution >= 4 is 34.6 Å². The molecule has 4 rings (SSSR count). The van der Waals surface area contributed by atoms with Gasteiger partial charge in [-0.05, 0) is 50.2 Å². The smallest absolute Gasteiger partial charge is 0.350 e. The molecule has 0 aliphatic heterocycles. The summed E-state index contributed by atoms with van der Waals surface area (Å²) in [6.07, 6.45) is 7.68. The minimum atomic E-state index is -0.439. The molecule has 0 radical (unpaired) electrons. The number of methoxy groups -OCH3 is 1. The van der Waals surface area contributed by atoms with Gasteiger partial charge in [0.15, 0.2) is 0 Å². The standard InChI is InChI=1S/C26H32N2O4S/c1-26(15-7-4-8-16-26)25(30)28(20-13-11-19(27-31)12-14-20)21-17-22(18-9-5-3-6-10-18)33-23(21)24(29)32-2/h3,5-6,9-10,17,20,31H,4,7-8,11-16H2,1-2H3. The van der Waals surface area contributed by atoms with Crippen LogP contribution in [0.4, 0.5) is 5.69 Å². The first-order chi connectivity index (χ1) is 16.0. The van der Waals surface area contributed by atoms with Gasteiger partial charge in [-0.3, -0.25) is 4.79 Å². The lowest BCUT2D eigenvalue weighted by atomic mass is 9.74. The lowest BCUT2D eigenvalue weighted by Gasteiger charge is -2.42. The SMILES string of the molecule is COC(=O)c1sc(-c2ccccc2)cc1N(C(=O)C1(C)CCCCC1)C1CCC(=NO)CC1. The summed E-state index contributed by atoms with van der Waals surface area (Å²) in [7, 11) is 1.38. The molecule has 176 valence electrons. The van der Waals surface area contributed by atoms with Crippen LogP contribution in [-0.4, -0.2) is 35.9 Å². The quantitative estimate of drug-likeness (QED) is 0.318. The number of thiophene rings is 1. The lowest BCUT2D eigenvalue weighted by molar-refractivity contribution is -0.129. The fraction of sp³-hybridized carbons (Fsp3) is 0.500. The molecule has 0 spiro atoms. The second-order valence-electron chi connectivity index (χ2n) is 9.38. The third-order valence-electron chi connectivity index (χ3n) is 7.13. The molecule has 1 heterocycles. The fourth-order valence-corrected chi connectivity index (χ4v) is 6.22. The number of ether oxygens (including phenoxy) is 1. The molecule has 1 N–H and O–H groups in total. The molecule has 7 heteroatoms. The Bertz CT molecular complexity index is 1010. The highest BCUT2D eigenvalue weighted by Crippen LogP contribution is 2.44. The van der Waals surface area contributed by atoms with Crippen LogP contribution >= 0.6 is 11.3 Å². The van der Waals surface area contributed by atoms with E-state index in [0.717, 1.165) is 48.3 Å². The van der Waals surface area contributed by atoms with E-state index >= 15 is 0 Å². The van der Waals surface area contributed by atoms with Gasteiger partial charge in [0.05, 0.1) is 18.5 Å². The molecule has 0 bridgehead atoms. The number of anilines is 1. The number of benzene rings is 1. The van der Waals surface area contributed by atoms with Crippen LogP contribution < -0.4 is 4.90 Å². The van der Waals surface area contributed by atoms with Gasteiger partial charge in [-0.15, -0.1) is 11.3 Å². The zero-order chi connectivity index (χ0) is 23.4. The van der Waals surface area contributed by atoms with Gasteiger partial charge in [-0.2, -0.15) is 0 Å². The summed E-state index contributed by atoms with van der Waals surface area (Å²) in [6, 6.07) is 11.8. The first-order valence-electron chi connectivity index (χ1n) is 11.8. The largest absolute Gasteiger partial charge is 0.465 e. The molecule has 2 aliphatic rings. The number of nitrogens with zero attached hydrogens (tertiary/aromatic N) is 2. The molecule has 33 heavy (non-hydrogen) atoms. The van der Waals surface area contributed by atoms with Crippen LogP contribution in [0.2, 0.25) is 0 Å². The van der Waals surface area contributed by atoms with E-state index in [4.69, 9.17) is 4.74 Å². The maximum absolute atomic E-state index is 14.2. The van der Waals surface area contributed by atoms with E-state index in [1.165, 1.54) is 18.4 Å². The van der Waals surface area contributed by atoms with Crippen LogP contribution in [0, 0.1) is 5.41 Å². The van der Waals surface area contributed by atoms with Crippen LogP contribution in [0.5, 0.6) is 0 Å². The number of carbonyl (C=O) groups excluding carboxylic acids is 2. The predicted octanol–water partition coefficient (Wildman–Crippen LogP) is 6.28. The van der Waals surface area contributed by atoms with Gasteiger partial charge in [0.1, 0.15) is 4.88 Å². The third kappa shape index (κ3) is 4.83. The van der Waals surface area contributed by atoms with Crippen LogP contribution in [0.3, 0.4) is 0 Å². The van der Waals surface area contributed by atoms with E-state index in [1.54, 1.807) is 0 Å². The molecule has 2 aromatic rings. The summed E-state index contributed by atoms with van der Waals surface area (Å²) in [4.78, 5) is 30.3. The minimum absolute atomic E-state index is 0.0524. The zero-order valence-corrected chi connectivity index (χ0v) is 20.2. The summed E-state index contributed by atoms with van der Waals surface area (Å²) in [5, 5.41) is 12.6. The fourth-order valence-electron chi connectivity index (χ4n) is 5.15. The van der Waals surface area contributed by atoms with Crippen molar-refractivity contribution in [3.05, 3.63) is 41.3 Å². The molecule has 0 atom stereocenters. The number of hydrogen-bond acceptors (Lipinski definition) is 6. The summed E-state index contributed by atoms with van der Waals surface area (Å²) >= 11 is 1.37. The van der Waals surface area contributed by atoms with Gasteiger partial charge in [0.25, 0.3) is 0 Å². The Morgan fingerprint density at radius 3 is 2.39 bits per heavy atom. The zero-order valence-electron chi connectivity index (χ0n) is 19.4. The van der Waals surface area contributed by atoms with Crippen LogP contribution in [0.15, 0.2) is 41.6 Å². The van der Waals surface area contributed by atoms with Crippen molar-refractivity contribution in [2.24, 2.45) is 10.6 Å². The topological polar surface area (TPSA) is 79.2 Å². The Balaban J connectivity index is 1.80. The first-order valence-corrected chi connectivity index (χ1v) is 12.6. The maximum Gasteiger partial charge on any atom is 0.350 e. The molecule has 0 unspecified atom stereocenters. The number of carbonyl (C=O) groups is 2. The molecule has 2 fully saturated rings. The molecule has 2 aliphatic carbocycles. The maximum atomic E-state index is 14.2. The predicted molar refractivity (Wildman–Crippen MR) is 131 cm³/mol. The average Bonchev–Trinajstić information content (AvgIpc) is 3.30. The molecule has 1 aromatic heterocycles. The first kappa shape index (κ1) is 23.5. The van der Waals surface area contributed by atoms with Gasteiger partial charge in [-0.25, -0.2) is 4.79 Å². The van der Waals surface area contributed by atoms with Crippen molar-refractivity contribution in [3.8, 4) is 10.4 Å². The number of amides is 1. The van der Waals surface area contributed by atoms with Crippen molar-refractivity contribution in [1.29, 1.82) is 0 Å². The molecule has 1 amide bonds. The van der Waals surface area contributed by atoms with Crippen molar-refractivity contribution in [3.63, 3.8) is 0 Å². The second kappa shape index (κ2) is 10.1. The van der Waals surface area contributed by atoms with Crippen molar-refractivity contribution < 1.29 is 19.5 Å². The minimum Gasteiger partial charge on any atom is -0.465 e. The van der Waals surface area contributed by atoms with Crippen molar-refractivity contribution in [2.75, 3.05) is 12.0 Å². The molecular formula is C26H32N2O4S. The van der Waals surface area contributed by atoms with E-state index in [2.05, 4.69) is 12.1 Å². The number of rotatable bonds is 5. The highest BCUT2D eigenvalue weighted by molar-refractivity contribution is 7.18. The van der Waals surface area contributed by atoms with E-state index < -0.39 is 11.4 Å². The van der Waals surface area contributed by atoms with E-state index in [-0.39, 0.29) is 11.9 Å². The van der Waals surface area contributed by atoms with Crippen molar-refractivity contribution in [1.82, 2.24) is 0 Å². The molecule has 1 aromatic carbocycles. The molecule has 2 saturated carbocycles. The number of esters is 1. The number of oxime groups is 1. The monoisotopic (exact) mass is 468 g/mol. The number of hydrogen-bond donors (Lipinski definition) is 1. The van der Waals surface area contributed by atoms with Gasteiger partial charge in [-0.1, -0.05) is 61.7 Å². The highest BCUT2D eigenvalue weighted by atomic mass is 32.1. The van der Waals surface area contributed by atoms with Crippen LogP contribution in [0.1, 0.15) is 74.4 Å². The summed E-state index contributed by atoms with van der Waals surface area (Å²) in [5.74, 6) is -0.323. The second-order valence-corrected chi connectivity index (χ2v) is 10.4. The average molecular weight is 469 g/mol. The van der Waals surface area contributed by atoms with Gasteiger partial charge in [0.2, 0.25) is 5.91 Å². The van der Waals surface area contributed by atoms with Gasteiger partial charge < -0.3 is 14.8 Å². The van der Waals surface area contributed by atoms with E-state index in [9.17, 15) is 14.8 Å². The lowest BCUT2D eigenvalue weighted by Crippen LogP contribution is -2.50. The summed E-state index contributed by atoms with van der Waals surface area (Å²) in [6.45, 7) is 2.08. The summed E-state index contributed by atoms with van der Waals surface area (Å²) in [5.41, 5.74) is 1.99. The Labute approximate surface area is 199 Å². The van der Waals surface area contributed by atoms with Gasteiger partial charge >= 0.3 is 5.97 Å². The van der Waals surface area contributed by atoms with E-state index in [0.29, 0.717) is 36.2 Å². The third-order valence-corrected chi connectivity index (χ3v) is 8.29. The van der Waals surface area contributed by atoms with Crippen LogP contribution in [-0.2, 0) is 9.53 Å². The summed E-state index contributed by atoms with van der Waals surface area (Å²) < 4.78 is 5.13. The van der Waals surface area contributed by atoms with Crippen molar-refractivity contribution in [2.45, 2.75) is 70.8 Å². The Hall–Kier alpha value is -2.67. The Morgan fingerprint density at radius 1 is 1.12 bits per heavy atom. The molecular weight excluding hydrogens is 436 g/mol. The van der Waals surface area contributed by atoms with Gasteiger partial charge in [0, 0.05) is 16.3 Å². The Kier molecular flexibility index (Phi) is 7.17.